The highest BCUT2D eigenvalue weighted by Gasteiger charge is 2.36. The summed E-state index contributed by atoms with van der Waals surface area (Å²) in [7, 11) is 1.47. The van der Waals surface area contributed by atoms with Crippen molar-refractivity contribution in [2.45, 2.75) is 6.61 Å². The molecule has 1 heterocycles. The normalized spacial score (nSPS) is 14.6. The summed E-state index contributed by atoms with van der Waals surface area (Å²) in [5.41, 5.74) is 0.892. The first kappa shape index (κ1) is 23.2. The molecular weight excluding hydrogens is 454 g/mol. The van der Waals surface area contributed by atoms with Gasteiger partial charge in [0, 0.05) is 23.8 Å². The molecule has 3 aromatic rings. The number of carbonyl (C=O) groups excluding carboxylic acids is 3. The molecule has 176 valence electrons. The van der Waals surface area contributed by atoms with Crippen LogP contribution in [0.4, 0.5) is 16.2 Å². The maximum Gasteiger partial charge on any atom is 0.335 e. The molecule has 0 bridgehead atoms. The fraction of sp³-hybridized carbons (Fsp3) is 0.0800. The standard InChI is InChI=1S/C25H19N3O7/c1-34-20-11-10-17(22(14-20)35-15-16-6-5-9-19(12-16)28(32)33)13-21-23(29)26-25(31)27(24(21)30)18-7-3-2-4-8-18/h2-14H,15H2,1H3,(H,26,29,31)/b21-13+. The first-order valence-electron chi connectivity index (χ1n) is 10.4. The van der Waals surface area contributed by atoms with Crippen LogP contribution in [0.2, 0.25) is 0 Å². The summed E-state index contributed by atoms with van der Waals surface area (Å²) in [4.78, 5) is 49.4. The second-order valence-corrected chi connectivity index (χ2v) is 7.41. The third-order valence-electron chi connectivity index (χ3n) is 5.15. The maximum absolute atomic E-state index is 13.1. The van der Waals surface area contributed by atoms with Crippen molar-refractivity contribution in [3.05, 3.63) is 99.6 Å². The minimum atomic E-state index is -0.847. The number of nitrogens with one attached hydrogen (secondary N) is 1. The minimum Gasteiger partial charge on any atom is -0.497 e. The molecule has 1 fully saturated rings. The Balaban J connectivity index is 1.67. The number of imide groups is 2. The van der Waals surface area contributed by atoms with E-state index >= 15 is 0 Å². The van der Waals surface area contributed by atoms with Crippen LogP contribution in [0.1, 0.15) is 11.1 Å². The molecule has 1 aliphatic rings. The van der Waals surface area contributed by atoms with E-state index in [9.17, 15) is 24.5 Å². The lowest BCUT2D eigenvalue weighted by Crippen LogP contribution is -2.54. The van der Waals surface area contributed by atoms with Crippen LogP contribution < -0.4 is 19.7 Å². The molecular formula is C25H19N3O7. The van der Waals surface area contributed by atoms with Crippen molar-refractivity contribution in [3.63, 3.8) is 0 Å². The highest BCUT2D eigenvalue weighted by atomic mass is 16.6. The number of ether oxygens (including phenoxy) is 2. The summed E-state index contributed by atoms with van der Waals surface area (Å²) < 4.78 is 11.1. The number of hydrogen-bond donors (Lipinski definition) is 1. The van der Waals surface area contributed by atoms with Gasteiger partial charge in [-0.15, -0.1) is 0 Å². The third-order valence-corrected chi connectivity index (χ3v) is 5.15. The number of anilines is 1. The average Bonchev–Trinajstić information content (AvgIpc) is 2.86. The Morgan fingerprint density at radius 2 is 1.77 bits per heavy atom. The van der Waals surface area contributed by atoms with Gasteiger partial charge in [0.15, 0.2) is 0 Å². The molecule has 0 radical (unpaired) electrons. The smallest absolute Gasteiger partial charge is 0.335 e. The highest BCUT2D eigenvalue weighted by Crippen LogP contribution is 2.30. The number of benzene rings is 3. The first-order chi connectivity index (χ1) is 16.9. The second-order valence-electron chi connectivity index (χ2n) is 7.41. The number of para-hydroxylation sites is 1. The van der Waals surface area contributed by atoms with Gasteiger partial charge < -0.3 is 9.47 Å². The van der Waals surface area contributed by atoms with E-state index in [1.54, 1.807) is 60.7 Å². The summed E-state index contributed by atoms with van der Waals surface area (Å²) in [5, 5.41) is 13.2. The van der Waals surface area contributed by atoms with Crippen molar-refractivity contribution < 1.29 is 28.8 Å². The number of barbiturate groups is 1. The Hall–Kier alpha value is -4.99. The van der Waals surface area contributed by atoms with Crippen LogP contribution in [0.25, 0.3) is 6.08 Å². The predicted molar refractivity (Wildman–Crippen MR) is 126 cm³/mol. The minimum absolute atomic E-state index is 0.0141. The van der Waals surface area contributed by atoms with E-state index < -0.39 is 22.8 Å². The van der Waals surface area contributed by atoms with Crippen molar-refractivity contribution in [1.29, 1.82) is 0 Å². The predicted octanol–water partition coefficient (Wildman–Crippen LogP) is 3.85. The van der Waals surface area contributed by atoms with E-state index in [-0.39, 0.29) is 23.6 Å². The Morgan fingerprint density at radius 3 is 2.49 bits per heavy atom. The molecule has 4 rings (SSSR count). The van der Waals surface area contributed by atoms with Crippen LogP contribution in [0, 0.1) is 10.1 Å². The quantitative estimate of drug-likeness (QED) is 0.239. The zero-order valence-corrected chi connectivity index (χ0v) is 18.5. The lowest BCUT2D eigenvalue weighted by molar-refractivity contribution is -0.384. The molecule has 0 unspecified atom stereocenters. The first-order valence-corrected chi connectivity index (χ1v) is 10.4. The van der Waals surface area contributed by atoms with Gasteiger partial charge in [-0.05, 0) is 35.9 Å². The zero-order chi connectivity index (χ0) is 24.9. The van der Waals surface area contributed by atoms with Gasteiger partial charge in [-0.1, -0.05) is 30.3 Å². The van der Waals surface area contributed by atoms with E-state index in [0.29, 0.717) is 22.6 Å². The molecule has 10 heteroatoms. The van der Waals surface area contributed by atoms with E-state index in [1.807, 2.05) is 0 Å². The van der Waals surface area contributed by atoms with Crippen molar-refractivity contribution in [2.75, 3.05) is 12.0 Å². The van der Waals surface area contributed by atoms with Gasteiger partial charge in [0.05, 0.1) is 17.7 Å². The van der Waals surface area contributed by atoms with Gasteiger partial charge in [-0.2, -0.15) is 0 Å². The lowest BCUT2D eigenvalue weighted by Gasteiger charge is -2.26. The van der Waals surface area contributed by atoms with Crippen molar-refractivity contribution in [2.24, 2.45) is 0 Å². The zero-order valence-electron chi connectivity index (χ0n) is 18.5. The van der Waals surface area contributed by atoms with Crippen LogP contribution in [-0.4, -0.2) is 29.9 Å². The fourth-order valence-corrected chi connectivity index (χ4v) is 3.43. The largest absolute Gasteiger partial charge is 0.497 e. The molecule has 10 nitrogen and oxygen atoms in total. The van der Waals surface area contributed by atoms with Gasteiger partial charge in [-0.3, -0.25) is 25.0 Å². The van der Waals surface area contributed by atoms with Crippen LogP contribution in [-0.2, 0) is 16.2 Å². The monoisotopic (exact) mass is 473 g/mol. The summed E-state index contributed by atoms with van der Waals surface area (Å²) >= 11 is 0. The molecule has 0 aromatic heterocycles. The van der Waals surface area contributed by atoms with Crippen LogP contribution in [0.3, 0.4) is 0 Å². The molecule has 0 aliphatic carbocycles. The summed E-state index contributed by atoms with van der Waals surface area (Å²) in [5.74, 6) is -0.896. The van der Waals surface area contributed by atoms with Crippen molar-refractivity contribution in [3.8, 4) is 11.5 Å². The molecule has 1 N–H and O–H groups in total. The summed E-state index contributed by atoms with van der Waals surface area (Å²) in [6.45, 7) is -0.0141. The number of nitrogens with zero attached hydrogens (tertiary/aromatic N) is 2. The van der Waals surface area contributed by atoms with Gasteiger partial charge in [0.2, 0.25) is 0 Å². The molecule has 35 heavy (non-hydrogen) atoms. The molecule has 4 amide bonds. The van der Waals surface area contributed by atoms with Gasteiger partial charge in [0.1, 0.15) is 23.7 Å². The Bertz CT molecular complexity index is 1350. The van der Waals surface area contributed by atoms with Gasteiger partial charge in [0.25, 0.3) is 17.5 Å². The van der Waals surface area contributed by atoms with E-state index in [0.717, 1.165) is 4.90 Å². The topological polar surface area (TPSA) is 128 Å². The van der Waals surface area contributed by atoms with Crippen LogP contribution in [0.5, 0.6) is 11.5 Å². The molecule has 3 aromatic carbocycles. The van der Waals surface area contributed by atoms with Crippen molar-refractivity contribution >= 4 is 35.3 Å². The van der Waals surface area contributed by atoms with Crippen molar-refractivity contribution in [1.82, 2.24) is 5.32 Å². The number of non-ortho nitro benzene ring substituents is 1. The van der Waals surface area contributed by atoms with E-state index in [4.69, 9.17) is 9.47 Å². The fourth-order valence-electron chi connectivity index (χ4n) is 3.43. The molecule has 1 aliphatic heterocycles. The van der Waals surface area contributed by atoms with Gasteiger partial charge in [-0.25, -0.2) is 9.69 Å². The third kappa shape index (κ3) is 5.01. The summed E-state index contributed by atoms with van der Waals surface area (Å²) in [6, 6.07) is 18.1. The number of hydrogen-bond acceptors (Lipinski definition) is 7. The van der Waals surface area contributed by atoms with E-state index in [1.165, 1.54) is 25.3 Å². The van der Waals surface area contributed by atoms with Crippen LogP contribution in [0.15, 0.2) is 78.4 Å². The number of urea groups is 1. The average molecular weight is 473 g/mol. The lowest BCUT2D eigenvalue weighted by atomic mass is 10.1. The van der Waals surface area contributed by atoms with Crippen LogP contribution >= 0.6 is 0 Å². The van der Waals surface area contributed by atoms with Gasteiger partial charge >= 0.3 is 6.03 Å². The summed E-state index contributed by atoms with van der Waals surface area (Å²) in [6.07, 6.45) is 1.32. The Kier molecular flexibility index (Phi) is 6.54. The number of nitro groups is 1. The maximum atomic E-state index is 13.1. The molecule has 0 saturated carbocycles. The molecule has 0 spiro atoms. The number of nitro benzene ring substituents is 1. The SMILES string of the molecule is COc1ccc(/C=C2\C(=O)NC(=O)N(c3ccccc3)C2=O)c(OCc2cccc([N+](=O)[O-])c2)c1. The number of rotatable bonds is 7. The Labute approximate surface area is 199 Å². The number of methoxy groups -OCH3 is 1. The van der Waals surface area contributed by atoms with E-state index in [2.05, 4.69) is 5.32 Å². The Morgan fingerprint density at radius 1 is 1.00 bits per heavy atom. The number of carbonyl (C=O) groups is 3. The highest BCUT2D eigenvalue weighted by molar-refractivity contribution is 6.39. The number of amides is 4. The molecule has 1 saturated heterocycles. The second kappa shape index (κ2) is 9.87. The molecule has 0 atom stereocenters.